The lowest BCUT2D eigenvalue weighted by atomic mass is 9.97. The van der Waals surface area contributed by atoms with Crippen LogP contribution >= 0.6 is 0 Å². The molecule has 0 radical (unpaired) electrons. The Morgan fingerprint density at radius 2 is 2.05 bits per heavy atom. The number of aliphatic hydroxyl groups is 1. The van der Waals surface area contributed by atoms with E-state index in [2.05, 4.69) is 15.0 Å². The molecule has 22 heavy (non-hydrogen) atoms. The van der Waals surface area contributed by atoms with Gasteiger partial charge in [-0.2, -0.15) is 0 Å². The van der Waals surface area contributed by atoms with Gasteiger partial charge in [-0.3, -0.25) is 4.98 Å². The molecule has 3 rings (SSSR count). The van der Waals surface area contributed by atoms with E-state index in [-0.39, 0.29) is 11.7 Å². The number of pyridine rings is 1. The highest BCUT2D eigenvalue weighted by Gasteiger charge is 2.33. The summed E-state index contributed by atoms with van der Waals surface area (Å²) in [5.41, 5.74) is 1.54. The van der Waals surface area contributed by atoms with Crippen LogP contribution in [0.5, 0.6) is 0 Å². The topological polar surface area (TPSA) is 62.1 Å². The zero-order chi connectivity index (χ0) is 15.5. The molecule has 0 amide bonds. The van der Waals surface area contributed by atoms with Gasteiger partial charge < -0.3 is 10.0 Å². The Morgan fingerprint density at radius 1 is 1.27 bits per heavy atom. The van der Waals surface area contributed by atoms with E-state index in [0.717, 1.165) is 12.0 Å². The fourth-order valence-electron chi connectivity index (χ4n) is 2.91. The van der Waals surface area contributed by atoms with Crippen LogP contribution in [0.3, 0.4) is 0 Å². The number of rotatable bonds is 4. The minimum Gasteiger partial charge on any atom is -0.391 e. The average molecular weight is 302 g/mol. The van der Waals surface area contributed by atoms with E-state index in [1.807, 2.05) is 24.0 Å². The minimum atomic E-state index is -0.493. The first-order valence-corrected chi connectivity index (χ1v) is 7.50. The van der Waals surface area contributed by atoms with Crippen molar-refractivity contribution in [1.29, 1.82) is 0 Å². The normalized spacial score (nSPS) is 21.3. The molecule has 2 aromatic heterocycles. The highest BCUT2D eigenvalue weighted by atomic mass is 19.1. The van der Waals surface area contributed by atoms with Crippen molar-refractivity contribution in [1.82, 2.24) is 15.0 Å². The number of aryl methyl sites for hydroxylation is 1. The molecular formula is C16H19FN4O. The molecule has 0 bridgehead atoms. The summed E-state index contributed by atoms with van der Waals surface area (Å²) in [5, 5.41) is 10.3. The largest absolute Gasteiger partial charge is 0.391 e. The summed E-state index contributed by atoms with van der Waals surface area (Å²) in [6.07, 6.45) is 5.65. The zero-order valence-corrected chi connectivity index (χ0v) is 12.5. The number of halogens is 1. The van der Waals surface area contributed by atoms with E-state index in [1.54, 1.807) is 12.4 Å². The molecule has 0 spiro atoms. The molecule has 1 aliphatic rings. The van der Waals surface area contributed by atoms with Crippen LogP contribution in [0.2, 0.25) is 0 Å². The lowest BCUT2D eigenvalue weighted by Gasteiger charge is -2.18. The smallest absolute Gasteiger partial charge is 0.187 e. The molecule has 1 N–H and O–H groups in total. The Bertz CT molecular complexity index is 637. The molecule has 1 aliphatic heterocycles. The molecule has 5 nitrogen and oxygen atoms in total. The van der Waals surface area contributed by atoms with E-state index in [4.69, 9.17) is 0 Å². The maximum atomic E-state index is 14.3. The van der Waals surface area contributed by atoms with Gasteiger partial charge in [0.05, 0.1) is 11.8 Å². The maximum absolute atomic E-state index is 14.3. The fourth-order valence-corrected chi connectivity index (χ4v) is 2.91. The number of nitrogens with zero attached hydrogens (tertiary/aromatic N) is 4. The van der Waals surface area contributed by atoms with Gasteiger partial charge in [0.15, 0.2) is 11.6 Å². The Labute approximate surface area is 128 Å². The lowest BCUT2D eigenvalue weighted by Crippen LogP contribution is -2.24. The van der Waals surface area contributed by atoms with Gasteiger partial charge in [-0.25, -0.2) is 14.4 Å². The quantitative estimate of drug-likeness (QED) is 0.930. The fraction of sp³-hybridized carbons (Fsp3) is 0.438. The predicted molar refractivity (Wildman–Crippen MR) is 81.0 cm³/mol. The third kappa shape index (κ3) is 2.92. The first kappa shape index (κ1) is 14.8. The highest BCUT2D eigenvalue weighted by molar-refractivity contribution is 5.43. The molecular weight excluding hydrogens is 283 g/mol. The van der Waals surface area contributed by atoms with Gasteiger partial charge >= 0.3 is 0 Å². The highest BCUT2D eigenvalue weighted by Crippen LogP contribution is 2.27. The minimum absolute atomic E-state index is 0.0573. The zero-order valence-electron chi connectivity index (χ0n) is 12.5. The van der Waals surface area contributed by atoms with Crippen molar-refractivity contribution in [2.24, 2.45) is 5.92 Å². The van der Waals surface area contributed by atoms with Gasteiger partial charge in [-0.15, -0.1) is 0 Å². The SMILES string of the molecule is CCc1ncnc(N2C[C@@H](Cc3ccncc3)[C@@H](O)C2)c1F. The Hall–Kier alpha value is -2.08. The molecule has 0 saturated carbocycles. The van der Waals surface area contributed by atoms with Crippen molar-refractivity contribution in [2.75, 3.05) is 18.0 Å². The summed E-state index contributed by atoms with van der Waals surface area (Å²) in [4.78, 5) is 13.8. The molecule has 116 valence electrons. The van der Waals surface area contributed by atoms with Crippen LogP contribution in [-0.2, 0) is 12.8 Å². The molecule has 2 atom stereocenters. The second kappa shape index (κ2) is 6.36. The van der Waals surface area contributed by atoms with Gasteiger partial charge in [0, 0.05) is 31.4 Å². The van der Waals surface area contributed by atoms with Crippen LogP contribution in [-0.4, -0.2) is 39.3 Å². The molecule has 0 aromatic carbocycles. The summed E-state index contributed by atoms with van der Waals surface area (Å²) in [6.45, 7) is 2.84. The van der Waals surface area contributed by atoms with Gasteiger partial charge in [0.1, 0.15) is 6.33 Å². The Morgan fingerprint density at radius 3 is 2.77 bits per heavy atom. The van der Waals surface area contributed by atoms with Crippen molar-refractivity contribution in [2.45, 2.75) is 25.9 Å². The Balaban J connectivity index is 1.76. The van der Waals surface area contributed by atoms with Crippen LogP contribution in [0.4, 0.5) is 10.2 Å². The number of hydrogen-bond donors (Lipinski definition) is 1. The standard InChI is InChI=1S/C16H19FN4O/c1-2-13-15(17)16(20-10-19-13)21-8-12(14(22)9-21)7-11-3-5-18-6-4-11/h3-6,10,12,14,22H,2,7-9H2,1H3/t12-,14+/m1/s1. The van der Waals surface area contributed by atoms with Gasteiger partial charge in [-0.05, 0) is 30.5 Å². The summed E-state index contributed by atoms with van der Waals surface area (Å²) in [5.74, 6) is -0.0215. The molecule has 3 heterocycles. The summed E-state index contributed by atoms with van der Waals surface area (Å²) in [6, 6.07) is 3.88. The number of anilines is 1. The van der Waals surface area contributed by atoms with Crippen LogP contribution in [0.15, 0.2) is 30.9 Å². The number of aromatic nitrogens is 3. The average Bonchev–Trinajstić information content (AvgIpc) is 2.89. The van der Waals surface area contributed by atoms with E-state index >= 15 is 0 Å². The van der Waals surface area contributed by atoms with Crippen molar-refractivity contribution >= 4 is 5.82 Å². The molecule has 1 saturated heterocycles. The monoisotopic (exact) mass is 302 g/mol. The first-order valence-electron chi connectivity index (χ1n) is 7.50. The third-order valence-electron chi connectivity index (χ3n) is 4.13. The number of aliphatic hydroxyl groups excluding tert-OH is 1. The van der Waals surface area contributed by atoms with E-state index in [1.165, 1.54) is 6.33 Å². The van der Waals surface area contributed by atoms with Crippen molar-refractivity contribution in [3.8, 4) is 0 Å². The first-order chi connectivity index (χ1) is 10.7. The lowest BCUT2D eigenvalue weighted by molar-refractivity contribution is 0.148. The van der Waals surface area contributed by atoms with E-state index in [9.17, 15) is 9.50 Å². The Kier molecular flexibility index (Phi) is 4.29. The summed E-state index contributed by atoms with van der Waals surface area (Å²) in [7, 11) is 0. The van der Waals surface area contributed by atoms with Crippen LogP contribution < -0.4 is 4.90 Å². The number of β-amino-alcohol motifs (C(OH)–C–C–N with tert-alkyl or cyclic N) is 1. The summed E-state index contributed by atoms with van der Waals surface area (Å²) < 4.78 is 14.3. The van der Waals surface area contributed by atoms with Crippen LogP contribution in [0.25, 0.3) is 0 Å². The van der Waals surface area contributed by atoms with Crippen molar-refractivity contribution in [3.63, 3.8) is 0 Å². The van der Waals surface area contributed by atoms with Gasteiger partial charge in [0.25, 0.3) is 0 Å². The molecule has 0 aliphatic carbocycles. The predicted octanol–water partition coefficient (Wildman–Crippen LogP) is 1.61. The van der Waals surface area contributed by atoms with Gasteiger partial charge in [0.2, 0.25) is 0 Å². The molecule has 1 fully saturated rings. The second-order valence-corrected chi connectivity index (χ2v) is 5.60. The van der Waals surface area contributed by atoms with Crippen LogP contribution in [0, 0.1) is 11.7 Å². The third-order valence-corrected chi connectivity index (χ3v) is 4.13. The van der Waals surface area contributed by atoms with Crippen molar-refractivity contribution in [3.05, 3.63) is 47.9 Å². The molecule has 6 heteroatoms. The molecule has 2 aromatic rings. The van der Waals surface area contributed by atoms with E-state index in [0.29, 0.717) is 31.0 Å². The van der Waals surface area contributed by atoms with Crippen molar-refractivity contribution < 1.29 is 9.50 Å². The van der Waals surface area contributed by atoms with Crippen LogP contribution in [0.1, 0.15) is 18.2 Å². The van der Waals surface area contributed by atoms with Gasteiger partial charge in [-0.1, -0.05) is 6.92 Å². The molecule has 0 unspecified atom stereocenters. The maximum Gasteiger partial charge on any atom is 0.187 e. The summed E-state index contributed by atoms with van der Waals surface area (Å²) >= 11 is 0. The van der Waals surface area contributed by atoms with E-state index < -0.39 is 6.10 Å². The number of hydrogen-bond acceptors (Lipinski definition) is 5. The second-order valence-electron chi connectivity index (χ2n) is 5.60.